The highest BCUT2D eigenvalue weighted by molar-refractivity contribution is 5.94. The first-order valence-corrected chi connectivity index (χ1v) is 10.7. The Hall–Kier alpha value is -2.77. The normalized spacial score (nSPS) is 15.1. The largest absolute Gasteiger partial charge is 0.330 e. The van der Waals surface area contributed by atoms with E-state index < -0.39 is 0 Å². The van der Waals surface area contributed by atoms with Gasteiger partial charge in [0.2, 0.25) is 11.8 Å². The van der Waals surface area contributed by atoms with Crippen LogP contribution < -0.4 is 5.32 Å². The van der Waals surface area contributed by atoms with Crippen molar-refractivity contribution in [1.29, 1.82) is 0 Å². The van der Waals surface area contributed by atoms with Crippen LogP contribution in [-0.4, -0.2) is 71.8 Å². The van der Waals surface area contributed by atoms with Crippen molar-refractivity contribution in [2.24, 2.45) is 0 Å². The summed E-state index contributed by atoms with van der Waals surface area (Å²) in [7, 11) is 0. The second kappa shape index (κ2) is 11.0. The summed E-state index contributed by atoms with van der Waals surface area (Å²) in [5.74, 6) is -0.706. The fourth-order valence-corrected chi connectivity index (χ4v) is 3.68. The highest BCUT2D eigenvalue weighted by Gasteiger charge is 2.24. The van der Waals surface area contributed by atoms with Gasteiger partial charge in [-0.05, 0) is 43.7 Å². The van der Waals surface area contributed by atoms with E-state index in [1.807, 2.05) is 19.9 Å². The predicted octanol–water partition coefficient (Wildman–Crippen LogP) is 2.82. The van der Waals surface area contributed by atoms with Crippen molar-refractivity contribution in [3.05, 3.63) is 66.0 Å². The van der Waals surface area contributed by atoms with Gasteiger partial charge in [-0.1, -0.05) is 30.3 Å². The van der Waals surface area contributed by atoms with Crippen molar-refractivity contribution in [2.75, 3.05) is 44.6 Å². The number of halogens is 1. The zero-order valence-electron chi connectivity index (χ0n) is 18.3. The lowest BCUT2D eigenvalue weighted by Crippen LogP contribution is -2.51. The summed E-state index contributed by atoms with van der Waals surface area (Å²) in [6, 6.07) is 15.9. The Morgan fingerprint density at radius 2 is 1.58 bits per heavy atom. The van der Waals surface area contributed by atoms with Gasteiger partial charge in [-0.3, -0.25) is 19.4 Å². The first kappa shape index (κ1) is 22.9. The van der Waals surface area contributed by atoms with Crippen LogP contribution in [0.1, 0.15) is 19.4 Å². The molecule has 0 atom stereocenters. The second-order valence-corrected chi connectivity index (χ2v) is 8.21. The van der Waals surface area contributed by atoms with Crippen LogP contribution in [0.3, 0.4) is 0 Å². The van der Waals surface area contributed by atoms with E-state index in [2.05, 4.69) is 39.4 Å². The third kappa shape index (κ3) is 7.15. The van der Waals surface area contributed by atoms with Crippen LogP contribution >= 0.6 is 0 Å². The SMILES string of the molecule is CC(C)N(CC(=O)Nc1ccc(F)cc1)C(=O)CN1CCN(Cc2ccccc2)CC1. The summed E-state index contributed by atoms with van der Waals surface area (Å²) >= 11 is 0. The Morgan fingerprint density at radius 3 is 2.19 bits per heavy atom. The molecule has 0 aliphatic carbocycles. The molecular formula is C24H31FN4O2. The van der Waals surface area contributed by atoms with E-state index in [4.69, 9.17) is 0 Å². The number of piperazine rings is 1. The van der Waals surface area contributed by atoms with Gasteiger partial charge in [0.15, 0.2) is 0 Å². The van der Waals surface area contributed by atoms with Crippen LogP contribution in [0.15, 0.2) is 54.6 Å². The van der Waals surface area contributed by atoms with Gasteiger partial charge in [-0.15, -0.1) is 0 Å². The molecule has 2 amide bonds. The standard InChI is InChI=1S/C24H31FN4O2/c1-19(2)29(17-23(30)26-22-10-8-21(25)9-11-22)24(31)18-28-14-12-27(13-15-28)16-20-6-4-3-5-7-20/h3-11,19H,12-18H2,1-2H3,(H,26,30). The molecule has 1 fully saturated rings. The minimum atomic E-state index is -0.360. The Morgan fingerprint density at radius 1 is 0.968 bits per heavy atom. The van der Waals surface area contributed by atoms with Crippen LogP contribution in [-0.2, 0) is 16.1 Å². The Balaban J connectivity index is 1.46. The third-order valence-corrected chi connectivity index (χ3v) is 5.46. The number of rotatable bonds is 8. The zero-order valence-corrected chi connectivity index (χ0v) is 18.3. The van der Waals surface area contributed by atoms with Gasteiger partial charge < -0.3 is 10.2 Å². The van der Waals surface area contributed by atoms with E-state index in [-0.39, 0.29) is 30.2 Å². The maximum Gasteiger partial charge on any atom is 0.244 e. The number of nitrogens with zero attached hydrogens (tertiary/aromatic N) is 3. The topological polar surface area (TPSA) is 55.9 Å². The highest BCUT2D eigenvalue weighted by Crippen LogP contribution is 2.11. The Bertz CT molecular complexity index is 850. The van der Waals surface area contributed by atoms with Gasteiger partial charge >= 0.3 is 0 Å². The van der Waals surface area contributed by atoms with Crippen molar-refractivity contribution in [3.63, 3.8) is 0 Å². The average Bonchev–Trinajstić information content (AvgIpc) is 2.75. The first-order valence-electron chi connectivity index (χ1n) is 10.7. The summed E-state index contributed by atoms with van der Waals surface area (Å²) in [5.41, 5.74) is 1.81. The van der Waals surface area contributed by atoms with Crippen LogP contribution in [0.2, 0.25) is 0 Å². The van der Waals surface area contributed by atoms with Crippen LogP contribution in [0, 0.1) is 5.82 Å². The fraction of sp³-hybridized carbons (Fsp3) is 0.417. The van der Waals surface area contributed by atoms with E-state index in [0.29, 0.717) is 12.2 Å². The van der Waals surface area contributed by atoms with Gasteiger partial charge in [0.25, 0.3) is 0 Å². The molecule has 166 valence electrons. The number of anilines is 1. The molecule has 6 nitrogen and oxygen atoms in total. The third-order valence-electron chi connectivity index (χ3n) is 5.46. The molecule has 7 heteroatoms. The lowest BCUT2D eigenvalue weighted by atomic mass is 10.2. The molecule has 0 radical (unpaired) electrons. The molecule has 0 bridgehead atoms. The molecule has 31 heavy (non-hydrogen) atoms. The number of hydrogen-bond donors (Lipinski definition) is 1. The number of carbonyl (C=O) groups excluding carboxylic acids is 2. The van der Waals surface area contributed by atoms with Gasteiger partial charge in [-0.25, -0.2) is 4.39 Å². The summed E-state index contributed by atoms with van der Waals surface area (Å²) < 4.78 is 13.0. The zero-order chi connectivity index (χ0) is 22.2. The van der Waals surface area contributed by atoms with Crippen molar-refractivity contribution < 1.29 is 14.0 Å². The molecule has 0 aromatic heterocycles. The fourth-order valence-electron chi connectivity index (χ4n) is 3.68. The average molecular weight is 427 g/mol. The minimum absolute atomic E-state index is 0.0259. The highest BCUT2D eigenvalue weighted by atomic mass is 19.1. The summed E-state index contributed by atoms with van der Waals surface area (Å²) in [4.78, 5) is 31.4. The molecule has 1 aliphatic rings. The quantitative estimate of drug-likeness (QED) is 0.705. The van der Waals surface area contributed by atoms with E-state index in [9.17, 15) is 14.0 Å². The molecule has 0 unspecified atom stereocenters. The van der Waals surface area contributed by atoms with Crippen LogP contribution in [0.25, 0.3) is 0 Å². The van der Waals surface area contributed by atoms with E-state index >= 15 is 0 Å². The first-order chi connectivity index (χ1) is 14.9. The summed E-state index contributed by atoms with van der Waals surface area (Å²) in [6.07, 6.45) is 0. The molecule has 1 saturated heterocycles. The minimum Gasteiger partial charge on any atom is -0.330 e. The Labute approximate surface area is 183 Å². The van der Waals surface area contributed by atoms with Gasteiger partial charge in [0, 0.05) is 44.5 Å². The maximum absolute atomic E-state index is 13.0. The van der Waals surface area contributed by atoms with Gasteiger partial charge in [0.05, 0.1) is 6.54 Å². The number of hydrogen-bond acceptors (Lipinski definition) is 4. The monoisotopic (exact) mass is 426 g/mol. The van der Waals surface area contributed by atoms with E-state index in [0.717, 1.165) is 32.7 Å². The number of nitrogens with one attached hydrogen (secondary N) is 1. The predicted molar refractivity (Wildman–Crippen MR) is 120 cm³/mol. The van der Waals surface area contributed by atoms with Gasteiger partial charge in [-0.2, -0.15) is 0 Å². The Kier molecular flexibility index (Phi) is 8.14. The number of benzene rings is 2. The molecule has 3 rings (SSSR count). The van der Waals surface area contributed by atoms with E-state index in [1.54, 1.807) is 4.90 Å². The lowest BCUT2D eigenvalue weighted by molar-refractivity contribution is -0.137. The van der Waals surface area contributed by atoms with Crippen LogP contribution in [0.4, 0.5) is 10.1 Å². The molecular weight excluding hydrogens is 395 g/mol. The molecule has 0 spiro atoms. The lowest BCUT2D eigenvalue weighted by Gasteiger charge is -2.36. The maximum atomic E-state index is 13.0. The molecule has 1 heterocycles. The second-order valence-electron chi connectivity index (χ2n) is 8.21. The number of carbonyl (C=O) groups is 2. The van der Waals surface area contributed by atoms with Crippen molar-refractivity contribution in [2.45, 2.75) is 26.4 Å². The summed E-state index contributed by atoms with van der Waals surface area (Å²) in [6.45, 7) is 8.48. The van der Waals surface area contributed by atoms with Crippen molar-refractivity contribution in [3.8, 4) is 0 Å². The smallest absolute Gasteiger partial charge is 0.244 e. The molecule has 1 aliphatic heterocycles. The van der Waals surface area contributed by atoms with Crippen LogP contribution in [0.5, 0.6) is 0 Å². The van der Waals surface area contributed by atoms with Gasteiger partial charge in [0.1, 0.15) is 12.4 Å². The molecule has 0 saturated carbocycles. The number of amides is 2. The van der Waals surface area contributed by atoms with Crippen molar-refractivity contribution >= 4 is 17.5 Å². The summed E-state index contributed by atoms with van der Waals surface area (Å²) in [5, 5.41) is 2.72. The molecule has 2 aromatic carbocycles. The molecule has 1 N–H and O–H groups in total. The van der Waals surface area contributed by atoms with E-state index in [1.165, 1.54) is 29.8 Å². The van der Waals surface area contributed by atoms with Crippen molar-refractivity contribution in [1.82, 2.24) is 14.7 Å². The molecule has 2 aromatic rings.